The maximum atomic E-state index is 5.26. The van der Waals surface area contributed by atoms with E-state index in [2.05, 4.69) is 35.3 Å². The lowest BCUT2D eigenvalue weighted by Gasteiger charge is -2.07. The molecule has 21 heavy (non-hydrogen) atoms. The van der Waals surface area contributed by atoms with Crippen molar-refractivity contribution in [1.29, 1.82) is 0 Å². The number of benzene rings is 2. The summed E-state index contributed by atoms with van der Waals surface area (Å²) in [6, 6.07) is 14.6. The summed E-state index contributed by atoms with van der Waals surface area (Å²) in [5.74, 6) is 0.874. The highest BCUT2D eigenvalue weighted by Gasteiger charge is 2.03. The highest BCUT2D eigenvalue weighted by atomic mass is 16.5. The Labute approximate surface area is 124 Å². The quantitative estimate of drug-likeness (QED) is 0.721. The standard InChI is InChI=1S/C18H17NO2/c1-20-12-13-7-17(11-19-10-13)15-3-4-16-9-18(21-2)6-5-14(16)8-15/h3-11H,12H2,1-2H3. The van der Waals surface area contributed by atoms with Crippen LogP contribution in [0.4, 0.5) is 0 Å². The van der Waals surface area contributed by atoms with Gasteiger partial charge in [-0.05, 0) is 46.2 Å². The van der Waals surface area contributed by atoms with Crippen molar-refractivity contribution in [3.8, 4) is 16.9 Å². The monoisotopic (exact) mass is 279 g/mol. The van der Waals surface area contributed by atoms with Crippen LogP contribution < -0.4 is 4.74 Å². The number of pyridine rings is 1. The molecule has 0 bridgehead atoms. The Kier molecular flexibility index (Phi) is 3.84. The first-order valence-corrected chi connectivity index (χ1v) is 6.81. The lowest BCUT2D eigenvalue weighted by atomic mass is 10.0. The fourth-order valence-corrected chi connectivity index (χ4v) is 2.42. The molecule has 0 radical (unpaired) electrons. The summed E-state index contributed by atoms with van der Waals surface area (Å²) in [4.78, 5) is 4.29. The van der Waals surface area contributed by atoms with E-state index in [1.807, 2.05) is 24.5 Å². The average Bonchev–Trinajstić information content (AvgIpc) is 2.54. The zero-order valence-electron chi connectivity index (χ0n) is 12.2. The molecule has 0 amide bonds. The second-order valence-electron chi connectivity index (χ2n) is 4.94. The van der Waals surface area contributed by atoms with E-state index in [1.165, 1.54) is 10.8 Å². The molecule has 0 unspecified atom stereocenters. The number of fused-ring (bicyclic) bond motifs is 1. The van der Waals surface area contributed by atoms with E-state index in [0.717, 1.165) is 22.4 Å². The normalized spacial score (nSPS) is 10.8. The number of hydrogen-bond acceptors (Lipinski definition) is 3. The maximum Gasteiger partial charge on any atom is 0.119 e. The van der Waals surface area contributed by atoms with Crippen LogP contribution in [0.15, 0.2) is 54.9 Å². The predicted octanol–water partition coefficient (Wildman–Crippen LogP) is 4.06. The van der Waals surface area contributed by atoms with Crippen LogP contribution in [0, 0.1) is 0 Å². The summed E-state index contributed by atoms with van der Waals surface area (Å²) in [6.07, 6.45) is 3.71. The summed E-state index contributed by atoms with van der Waals surface area (Å²) < 4.78 is 10.4. The van der Waals surface area contributed by atoms with Gasteiger partial charge < -0.3 is 9.47 Å². The SMILES string of the molecule is COCc1cncc(-c2ccc3cc(OC)ccc3c2)c1. The van der Waals surface area contributed by atoms with Crippen molar-refractivity contribution in [2.45, 2.75) is 6.61 Å². The van der Waals surface area contributed by atoms with Crippen molar-refractivity contribution < 1.29 is 9.47 Å². The Morgan fingerprint density at radius 2 is 1.67 bits per heavy atom. The number of ether oxygens (including phenoxy) is 2. The summed E-state index contributed by atoms with van der Waals surface area (Å²) in [6.45, 7) is 0.575. The van der Waals surface area contributed by atoms with Gasteiger partial charge in [0, 0.05) is 25.1 Å². The smallest absolute Gasteiger partial charge is 0.119 e. The summed E-state index contributed by atoms with van der Waals surface area (Å²) in [7, 11) is 3.37. The van der Waals surface area contributed by atoms with Crippen LogP contribution in [0.3, 0.4) is 0 Å². The van der Waals surface area contributed by atoms with E-state index in [1.54, 1.807) is 14.2 Å². The highest BCUT2D eigenvalue weighted by molar-refractivity contribution is 5.88. The maximum absolute atomic E-state index is 5.26. The molecule has 2 aromatic carbocycles. The first kappa shape index (κ1) is 13.6. The molecule has 3 heteroatoms. The molecule has 106 valence electrons. The van der Waals surface area contributed by atoms with Crippen molar-refractivity contribution >= 4 is 10.8 Å². The molecule has 0 spiro atoms. The molecule has 1 heterocycles. The summed E-state index contributed by atoms with van der Waals surface area (Å²) in [5.41, 5.74) is 3.32. The van der Waals surface area contributed by atoms with Crippen LogP contribution in [0.1, 0.15) is 5.56 Å². The summed E-state index contributed by atoms with van der Waals surface area (Å²) in [5, 5.41) is 2.35. The number of methoxy groups -OCH3 is 2. The first-order chi connectivity index (χ1) is 10.3. The fraction of sp³-hybridized carbons (Fsp3) is 0.167. The molecule has 1 aromatic heterocycles. The Morgan fingerprint density at radius 3 is 2.48 bits per heavy atom. The van der Waals surface area contributed by atoms with Gasteiger partial charge in [0.15, 0.2) is 0 Å². The van der Waals surface area contributed by atoms with Crippen LogP contribution in [0.5, 0.6) is 5.75 Å². The van der Waals surface area contributed by atoms with Gasteiger partial charge in [0.2, 0.25) is 0 Å². The van der Waals surface area contributed by atoms with Gasteiger partial charge in [-0.25, -0.2) is 0 Å². The molecular formula is C18H17NO2. The molecule has 3 rings (SSSR count). The topological polar surface area (TPSA) is 31.4 Å². The molecule has 0 aliphatic heterocycles. The Hall–Kier alpha value is -2.39. The molecule has 0 saturated carbocycles. The van der Waals surface area contributed by atoms with Gasteiger partial charge in [-0.3, -0.25) is 4.98 Å². The largest absolute Gasteiger partial charge is 0.497 e. The molecular weight excluding hydrogens is 262 g/mol. The molecule has 0 N–H and O–H groups in total. The van der Waals surface area contributed by atoms with Crippen LogP contribution >= 0.6 is 0 Å². The van der Waals surface area contributed by atoms with Crippen molar-refractivity contribution in [3.05, 3.63) is 60.4 Å². The lowest BCUT2D eigenvalue weighted by Crippen LogP contribution is -1.90. The Balaban J connectivity index is 2.02. The van der Waals surface area contributed by atoms with E-state index in [9.17, 15) is 0 Å². The number of hydrogen-bond donors (Lipinski definition) is 0. The molecule has 3 aromatic rings. The molecule has 3 nitrogen and oxygen atoms in total. The van der Waals surface area contributed by atoms with Gasteiger partial charge >= 0.3 is 0 Å². The third-order valence-electron chi connectivity index (χ3n) is 3.49. The molecule has 0 atom stereocenters. The third-order valence-corrected chi connectivity index (χ3v) is 3.49. The minimum absolute atomic E-state index is 0.575. The molecule has 0 aliphatic carbocycles. The minimum atomic E-state index is 0.575. The van der Waals surface area contributed by atoms with Crippen LogP contribution in [-0.4, -0.2) is 19.2 Å². The van der Waals surface area contributed by atoms with Gasteiger partial charge in [-0.2, -0.15) is 0 Å². The van der Waals surface area contributed by atoms with E-state index < -0.39 is 0 Å². The van der Waals surface area contributed by atoms with Gasteiger partial charge in [-0.15, -0.1) is 0 Å². The van der Waals surface area contributed by atoms with Crippen molar-refractivity contribution in [2.24, 2.45) is 0 Å². The molecule has 0 fully saturated rings. The zero-order chi connectivity index (χ0) is 14.7. The van der Waals surface area contributed by atoms with Crippen molar-refractivity contribution in [1.82, 2.24) is 4.98 Å². The van der Waals surface area contributed by atoms with Crippen molar-refractivity contribution in [2.75, 3.05) is 14.2 Å². The average molecular weight is 279 g/mol. The number of aromatic nitrogens is 1. The summed E-state index contributed by atoms with van der Waals surface area (Å²) >= 11 is 0. The van der Waals surface area contributed by atoms with Gasteiger partial charge in [0.05, 0.1) is 13.7 Å². The number of rotatable bonds is 4. The van der Waals surface area contributed by atoms with Gasteiger partial charge in [0.1, 0.15) is 5.75 Å². The zero-order valence-corrected chi connectivity index (χ0v) is 12.2. The van der Waals surface area contributed by atoms with E-state index in [-0.39, 0.29) is 0 Å². The van der Waals surface area contributed by atoms with E-state index >= 15 is 0 Å². The Morgan fingerprint density at radius 1 is 0.857 bits per heavy atom. The lowest BCUT2D eigenvalue weighted by molar-refractivity contribution is 0.184. The van der Waals surface area contributed by atoms with Crippen LogP contribution in [0.25, 0.3) is 21.9 Å². The van der Waals surface area contributed by atoms with Crippen LogP contribution in [-0.2, 0) is 11.3 Å². The van der Waals surface area contributed by atoms with Gasteiger partial charge in [-0.1, -0.05) is 18.2 Å². The van der Waals surface area contributed by atoms with Gasteiger partial charge in [0.25, 0.3) is 0 Å². The molecule has 0 aliphatic rings. The highest BCUT2D eigenvalue weighted by Crippen LogP contribution is 2.27. The fourth-order valence-electron chi connectivity index (χ4n) is 2.42. The Bertz CT molecular complexity index is 768. The van der Waals surface area contributed by atoms with Crippen molar-refractivity contribution in [3.63, 3.8) is 0 Å². The molecule has 0 saturated heterocycles. The minimum Gasteiger partial charge on any atom is -0.497 e. The first-order valence-electron chi connectivity index (χ1n) is 6.81. The van der Waals surface area contributed by atoms with E-state index in [0.29, 0.717) is 6.61 Å². The van der Waals surface area contributed by atoms with E-state index in [4.69, 9.17) is 9.47 Å². The second-order valence-corrected chi connectivity index (χ2v) is 4.94. The number of nitrogens with zero attached hydrogens (tertiary/aromatic N) is 1. The van der Waals surface area contributed by atoms with Crippen LogP contribution in [0.2, 0.25) is 0 Å². The second kappa shape index (κ2) is 5.94. The predicted molar refractivity (Wildman–Crippen MR) is 84.4 cm³/mol. The third kappa shape index (κ3) is 2.88.